The number of rotatable bonds is 4. The summed E-state index contributed by atoms with van der Waals surface area (Å²) >= 11 is 0. The molecule has 2 aromatic rings. The SMILES string of the molecule is Cc1cccc(C2CC(NC(C)c3nn[nH]n3)C2)c1. The molecule has 0 bridgehead atoms. The van der Waals surface area contributed by atoms with E-state index < -0.39 is 0 Å². The number of nitrogens with zero attached hydrogens (tertiary/aromatic N) is 3. The minimum absolute atomic E-state index is 0.155. The molecule has 0 aliphatic heterocycles. The van der Waals surface area contributed by atoms with Crippen LogP contribution in [0.25, 0.3) is 0 Å². The summed E-state index contributed by atoms with van der Waals surface area (Å²) in [6.07, 6.45) is 2.37. The van der Waals surface area contributed by atoms with E-state index in [9.17, 15) is 0 Å². The second-order valence-corrected chi connectivity index (χ2v) is 5.44. The molecule has 5 nitrogen and oxygen atoms in total. The number of aromatic amines is 1. The quantitative estimate of drug-likeness (QED) is 0.880. The molecule has 19 heavy (non-hydrogen) atoms. The van der Waals surface area contributed by atoms with Crippen molar-refractivity contribution in [1.82, 2.24) is 25.9 Å². The maximum atomic E-state index is 4.01. The van der Waals surface area contributed by atoms with Gasteiger partial charge < -0.3 is 5.32 Å². The van der Waals surface area contributed by atoms with Crippen LogP contribution in [0.1, 0.15) is 48.7 Å². The van der Waals surface area contributed by atoms with Gasteiger partial charge in [0.25, 0.3) is 0 Å². The van der Waals surface area contributed by atoms with Crippen LogP contribution in [0.15, 0.2) is 24.3 Å². The number of benzene rings is 1. The van der Waals surface area contributed by atoms with E-state index in [1.54, 1.807) is 0 Å². The normalized spacial score (nSPS) is 23.9. The Kier molecular flexibility index (Phi) is 3.29. The zero-order chi connectivity index (χ0) is 13.2. The Balaban J connectivity index is 1.53. The van der Waals surface area contributed by atoms with Crippen molar-refractivity contribution in [1.29, 1.82) is 0 Å². The van der Waals surface area contributed by atoms with Gasteiger partial charge in [0, 0.05) is 6.04 Å². The van der Waals surface area contributed by atoms with Crippen molar-refractivity contribution in [3.63, 3.8) is 0 Å². The van der Waals surface area contributed by atoms with Crippen LogP contribution in [-0.2, 0) is 0 Å². The smallest absolute Gasteiger partial charge is 0.191 e. The van der Waals surface area contributed by atoms with Crippen LogP contribution in [0.5, 0.6) is 0 Å². The third-order valence-corrected chi connectivity index (χ3v) is 3.89. The Morgan fingerprint density at radius 2 is 2.21 bits per heavy atom. The highest BCUT2D eigenvalue weighted by atomic mass is 15.5. The topological polar surface area (TPSA) is 66.5 Å². The monoisotopic (exact) mass is 257 g/mol. The van der Waals surface area contributed by atoms with Crippen LogP contribution < -0.4 is 5.32 Å². The molecule has 0 amide bonds. The zero-order valence-corrected chi connectivity index (χ0v) is 11.3. The van der Waals surface area contributed by atoms with Gasteiger partial charge >= 0.3 is 0 Å². The van der Waals surface area contributed by atoms with Crippen LogP contribution in [0.2, 0.25) is 0 Å². The molecule has 0 radical (unpaired) electrons. The minimum atomic E-state index is 0.155. The van der Waals surface area contributed by atoms with Gasteiger partial charge in [0.15, 0.2) is 5.82 Å². The molecule has 2 N–H and O–H groups in total. The van der Waals surface area contributed by atoms with Crippen molar-refractivity contribution in [2.24, 2.45) is 0 Å². The predicted molar refractivity (Wildman–Crippen MR) is 72.7 cm³/mol. The Labute approximate surface area is 112 Å². The number of hydrogen-bond acceptors (Lipinski definition) is 4. The van der Waals surface area contributed by atoms with Gasteiger partial charge in [-0.15, -0.1) is 10.2 Å². The van der Waals surface area contributed by atoms with Gasteiger partial charge in [-0.3, -0.25) is 0 Å². The van der Waals surface area contributed by atoms with Crippen LogP contribution >= 0.6 is 0 Å². The molecule has 1 aromatic heterocycles. The largest absolute Gasteiger partial charge is 0.305 e. The van der Waals surface area contributed by atoms with Crippen molar-refractivity contribution in [2.75, 3.05) is 0 Å². The maximum Gasteiger partial charge on any atom is 0.191 e. The van der Waals surface area contributed by atoms with Crippen LogP contribution in [0.3, 0.4) is 0 Å². The molecule has 0 spiro atoms. The van der Waals surface area contributed by atoms with Gasteiger partial charge in [-0.25, -0.2) is 0 Å². The zero-order valence-electron chi connectivity index (χ0n) is 11.3. The summed E-state index contributed by atoms with van der Waals surface area (Å²) in [5.41, 5.74) is 2.80. The molecular formula is C14H19N5. The van der Waals surface area contributed by atoms with Gasteiger partial charge in [0.2, 0.25) is 0 Å². The molecule has 1 heterocycles. The molecule has 1 aromatic carbocycles. The Morgan fingerprint density at radius 1 is 1.37 bits per heavy atom. The summed E-state index contributed by atoms with van der Waals surface area (Å²) in [5, 5.41) is 17.6. The standard InChI is InChI=1S/C14H19N5/c1-9-4-3-5-11(6-9)12-7-13(8-12)15-10(2)14-16-18-19-17-14/h3-6,10,12-13,15H,7-8H2,1-2H3,(H,16,17,18,19). The first-order valence-electron chi connectivity index (χ1n) is 6.78. The molecule has 1 aliphatic carbocycles. The first kappa shape index (κ1) is 12.3. The van der Waals surface area contributed by atoms with Gasteiger partial charge in [-0.2, -0.15) is 5.21 Å². The van der Waals surface area contributed by atoms with Crippen molar-refractivity contribution in [2.45, 2.75) is 44.7 Å². The molecular weight excluding hydrogens is 238 g/mol. The summed E-state index contributed by atoms with van der Waals surface area (Å²) in [6.45, 7) is 4.22. The Morgan fingerprint density at radius 3 is 2.89 bits per heavy atom. The number of H-pyrrole nitrogens is 1. The van der Waals surface area contributed by atoms with E-state index in [1.165, 1.54) is 24.0 Å². The molecule has 1 atom stereocenters. The molecule has 1 saturated carbocycles. The highest BCUT2D eigenvalue weighted by molar-refractivity contribution is 5.27. The van der Waals surface area contributed by atoms with E-state index >= 15 is 0 Å². The van der Waals surface area contributed by atoms with Crippen molar-refractivity contribution in [3.8, 4) is 0 Å². The van der Waals surface area contributed by atoms with E-state index in [1.807, 2.05) is 0 Å². The molecule has 1 fully saturated rings. The average Bonchev–Trinajstić information content (AvgIpc) is 2.86. The summed E-state index contributed by atoms with van der Waals surface area (Å²) in [5.74, 6) is 1.42. The summed E-state index contributed by atoms with van der Waals surface area (Å²) < 4.78 is 0. The fourth-order valence-corrected chi connectivity index (χ4v) is 2.73. The molecule has 1 aliphatic rings. The van der Waals surface area contributed by atoms with Crippen LogP contribution in [-0.4, -0.2) is 26.7 Å². The van der Waals surface area contributed by atoms with Crippen molar-refractivity contribution < 1.29 is 0 Å². The Bertz CT molecular complexity index is 531. The number of nitrogens with one attached hydrogen (secondary N) is 2. The second kappa shape index (κ2) is 5.09. The van der Waals surface area contributed by atoms with Crippen molar-refractivity contribution >= 4 is 0 Å². The molecule has 5 heteroatoms. The number of tetrazole rings is 1. The highest BCUT2D eigenvalue weighted by Gasteiger charge is 2.31. The minimum Gasteiger partial charge on any atom is -0.305 e. The maximum absolute atomic E-state index is 4.01. The van der Waals surface area contributed by atoms with E-state index in [2.05, 4.69) is 64.1 Å². The van der Waals surface area contributed by atoms with E-state index in [-0.39, 0.29) is 6.04 Å². The van der Waals surface area contributed by atoms with Crippen LogP contribution in [0, 0.1) is 6.92 Å². The molecule has 100 valence electrons. The number of aryl methyl sites for hydroxylation is 1. The molecule has 1 unspecified atom stereocenters. The lowest BCUT2D eigenvalue weighted by molar-refractivity contribution is 0.267. The first-order chi connectivity index (χ1) is 9.22. The van der Waals surface area contributed by atoms with Crippen LogP contribution in [0.4, 0.5) is 0 Å². The predicted octanol–water partition coefficient (Wildman–Crippen LogP) is 2.10. The lowest BCUT2D eigenvalue weighted by Gasteiger charge is -2.37. The summed E-state index contributed by atoms with van der Waals surface area (Å²) in [7, 11) is 0. The first-order valence-corrected chi connectivity index (χ1v) is 6.78. The van der Waals surface area contributed by atoms with E-state index in [4.69, 9.17) is 0 Å². The fraction of sp³-hybridized carbons (Fsp3) is 0.500. The van der Waals surface area contributed by atoms with E-state index in [0.29, 0.717) is 12.0 Å². The second-order valence-electron chi connectivity index (χ2n) is 5.44. The van der Waals surface area contributed by atoms with Gasteiger partial charge in [0.05, 0.1) is 6.04 Å². The highest BCUT2D eigenvalue weighted by Crippen LogP contribution is 2.37. The van der Waals surface area contributed by atoms with Crippen molar-refractivity contribution in [3.05, 3.63) is 41.2 Å². The summed E-state index contributed by atoms with van der Waals surface area (Å²) in [4.78, 5) is 0. The van der Waals surface area contributed by atoms with Gasteiger partial charge in [-0.1, -0.05) is 35.0 Å². The molecule has 0 saturated heterocycles. The van der Waals surface area contributed by atoms with E-state index in [0.717, 1.165) is 5.82 Å². The lowest BCUT2D eigenvalue weighted by atomic mass is 9.75. The lowest BCUT2D eigenvalue weighted by Crippen LogP contribution is -2.41. The summed E-state index contributed by atoms with van der Waals surface area (Å²) in [6, 6.07) is 9.53. The van der Waals surface area contributed by atoms with Gasteiger partial charge in [-0.05, 0) is 38.2 Å². The Hall–Kier alpha value is -1.75. The van der Waals surface area contributed by atoms with Gasteiger partial charge in [0.1, 0.15) is 0 Å². The number of hydrogen-bond donors (Lipinski definition) is 2. The fourth-order valence-electron chi connectivity index (χ4n) is 2.73. The molecule has 3 rings (SSSR count). The third kappa shape index (κ3) is 2.66. The number of aromatic nitrogens is 4. The third-order valence-electron chi connectivity index (χ3n) is 3.89. The average molecular weight is 257 g/mol.